The molecule has 4 aromatic rings. The summed E-state index contributed by atoms with van der Waals surface area (Å²) in [4.78, 5) is 22.0. The summed E-state index contributed by atoms with van der Waals surface area (Å²) in [7, 11) is -2.57. The summed E-state index contributed by atoms with van der Waals surface area (Å²) in [6.45, 7) is 0. The molecule has 3 aliphatic rings. The molecule has 44 heavy (non-hydrogen) atoms. The maximum absolute atomic E-state index is 14.4. The summed E-state index contributed by atoms with van der Waals surface area (Å²) in [5, 5.41) is 8.16. The zero-order valence-corrected chi connectivity index (χ0v) is 24.8. The summed E-state index contributed by atoms with van der Waals surface area (Å²) in [5.41, 5.74) is 0.929. The Kier molecular flexibility index (Phi) is 6.68. The first-order valence-electron chi connectivity index (χ1n) is 13.9. The van der Waals surface area contributed by atoms with Crippen molar-refractivity contribution in [3.05, 3.63) is 75.5 Å². The Bertz CT molecular complexity index is 1910. The number of sulfonamides is 1. The number of fused-ring (bicyclic) bond motifs is 2. The van der Waals surface area contributed by atoms with E-state index < -0.39 is 44.3 Å². The first-order chi connectivity index (χ1) is 20.9. The second kappa shape index (κ2) is 10.1. The quantitative estimate of drug-likeness (QED) is 0.209. The molecule has 3 aliphatic carbocycles. The average Bonchev–Trinajstić information content (AvgIpc) is 3.34. The van der Waals surface area contributed by atoms with Crippen molar-refractivity contribution in [3.8, 4) is 5.69 Å². The molecule has 0 N–H and O–H groups in total. The predicted octanol–water partition coefficient (Wildman–Crippen LogP) is 4.83. The Morgan fingerprint density at radius 3 is 2.52 bits per heavy atom. The van der Waals surface area contributed by atoms with Crippen molar-refractivity contribution in [2.75, 3.05) is 0 Å². The molecule has 2 atom stereocenters. The number of ketones is 1. The van der Waals surface area contributed by atoms with Crippen LogP contribution in [0.1, 0.15) is 58.9 Å². The van der Waals surface area contributed by atoms with Crippen LogP contribution in [0.15, 0.2) is 52.9 Å². The van der Waals surface area contributed by atoms with Gasteiger partial charge in [0.05, 0.1) is 23.0 Å². The zero-order chi connectivity index (χ0) is 31.0. The number of hydrogen-bond donors (Lipinski definition) is 0. The monoisotopic (exact) mass is 647 g/mol. The molecule has 230 valence electrons. The SMILES string of the molecule is Cn1cnc(S(=O)(=O)N(C2CC2)[C@H]2CCC3=Cc4c(cnn4-c4ccc(F)cc4)C[C@]3(C(=O)c3csc(C(F)(F)F)n3)C2)n1. The van der Waals surface area contributed by atoms with Gasteiger partial charge >= 0.3 is 6.18 Å². The van der Waals surface area contributed by atoms with E-state index in [-0.39, 0.29) is 29.7 Å². The van der Waals surface area contributed by atoms with E-state index in [0.717, 1.165) is 5.38 Å². The third-order valence-electron chi connectivity index (χ3n) is 8.47. The predicted molar refractivity (Wildman–Crippen MR) is 150 cm³/mol. The van der Waals surface area contributed by atoms with Gasteiger partial charge in [-0.2, -0.15) is 22.6 Å². The van der Waals surface area contributed by atoms with Gasteiger partial charge in [-0.25, -0.2) is 27.5 Å². The zero-order valence-electron chi connectivity index (χ0n) is 23.2. The second-order valence-electron chi connectivity index (χ2n) is 11.4. The topological polar surface area (TPSA) is 116 Å². The molecule has 2 saturated carbocycles. The highest BCUT2D eigenvalue weighted by Crippen LogP contribution is 2.53. The Balaban J connectivity index is 1.32. The first-order valence-corrected chi connectivity index (χ1v) is 16.2. The standard InChI is InChI=1S/C28H25F4N7O3S2/c1-37-15-33-26(36-37)44(41,42)39(20-8-9-20)21-5-2-17-10-23-16(13-34-38(23)19-6-3-18(29)4-7-19)11-27(17,12-21)24(40)22-14-43-25(35-22)28(30,31)32/h3-4,6-7,10,13-15,20-21H,2,5,8-9,11-12H2,1H3/t21-,27-/m0/s1. The number of nitrogens with zero attached hydrogens (tertiary/aromatic N) is 7. The molecule has 0 saturated heterocycles. The summed E-state index contributed by atoms with van der Waals surface area (Å²) in [5.74, 6) is -1.00. The van der Waals surface area contributed by atoms with E-state index in [1.807, 2.05) is 6.08 Å². The Hall–Kier alpha value is -3.76. The van der Waals surface area contributed by atoms with Crippen LogP contribution in [0, 0.1) is 11.2 Å². The van der Waals surface area contributed by atoms with Gasteiger partial charge in [0.2, 0.25) is 0 Å². The van der Waals surface area contributed by atoms with Gasteiger partial charge in [0, 0.05) is 24.5 Å². The lowest BCUT2D eigenvalue weighted by Gasteiger charge is -2.46. The number of alkyl halides is 3. The molecular weight excluding hydrogens is 622 g/mol. The van der Waals surface area contributed by atoms with Gasteiger partial charge in [-0.1, -0.05) is 5.57 Å². The highest BCUT2D eigenvalue weighted by molar-refractivity contribution is 7.89. The van der Waals surface area contributed by atoms with Crippen molar-refractivity contribution >= 4 is 33.2 Å². The van der Waals surface area contributed by atoms with Crippen LogP contribution in [0.4, 0.5) is 17.6 Å². The normalized spacial score (nSPS) is 22.0. The van der Waals surface area contributed by atoms with Crippen LogP contribution in [0.25, 0.3) is 11.8 Å². The smallest absolute Gasteiger partial charge is 0.291 e. The van der Waals surface area contributed by atoms with Crippen molar-refractivity contribution in [2.45, 2.75) is 61.9 Å². The fourth-order valence-electron chi connectivity index (χ4n) is 6.39. The molecule has 10 nitrogen and oxygen atoms in total. The van der Waals surface area contributed by atoms with Crippen molar-refractivity contribution in [3.63, 3.8) is 0 Å². The van der Waals surface area contributed by atoms with Crippen LogP contribution in [0.2, 0.25) is 0 Å². The number of carbonyl (C=O) groups excluding carboxylic acids is 1. The van der Waals surface area contributed by atoms with E-state index in [1.165, 1.54) is 27.4 Å². The van der Waals surface area contributed by atoms with Crippen LogP contribution in [0.5, 0.6) is 0 Å². The minimum Gasteiger partial charge on any atom is -0.291 e. The van der Waals surface area contributed by atoms with Crippen LogP contribution >= 0.6 is 11.3 Å². The fraction of sp³-hybridized carbons (Fsp3) is 0.393. The molecule has 7 rings (SSSR count). The van der Waals surface area contributed by atoms with E-state index in [1.54, 1.807) is 30.1 Å². The van der Waals surface area contributed by atoms with E-state index in [2.05, 4.69) is 20.2 Å². The van der Waals surface area contributed by atoms with Crippen molar-refractivity contribution < 1.29 is 30.8 Å². The van der Waals surface area contributed by atoms with Gasteiger partial charge in [-0.3, -0.25) is 9.48 Å². The molecule has 0 spiro atoms. The minimum atomic E-state index is -4.71. The minimum absolute atomic E-state index is 0.0419. The van der Waals surface area contributed by atoms with Crippen molar-refractivity contribution in [1.82, 2.24) is 33.8 Å². The Morgan fingerprint density at radius 2 is 1.89 bits per heavy atom. The number of Topliss-reactive ketones (excluding diaryl/α,β-unsaturated/α-hetero) is 1. The largest absolute Gasteiger partial charge is 0.443 e. The molecule has 1 aromatic carbocycles. The number of carbonyl (C=O) groups is 1. The highest BCUT2D eigenvalue weighted by Gasteiger charge is 2.54. The number of aryl methyl sites for hydroxylation is 1. The van der Waals surface area contributed by atoms with Crippen LogP contribution in [0.3, 0.4) is 0 Å². The number of aromatic nitrogens is 6. The third-order valence-corrected chi connectivity index (χ3v) is 11.2. The molecule has 0 bridgehead atoms. The molecule has 0 radical (unpaired) electrons. The lowest BCUT2D eigenvalue weighted by atomic mass is 9.60. The van der Waals surface area contributed by atoms with E-state index in [0.29, 0.717) is 59.5 Å². The summed E-state index contributed by atoms with van der Waals surface area (Å²) in [6.07, 6.45) is 2.09. The number of halogens is 4. The van der Waals surface area contributed by atoms with Crippen LogP contribution < -0.4 is 0 Å². The molecule has 0 unspecified atom stereocenters. The third kappa shape index (κ3) is 4.79. The summed E-state index contributed by atoms with van der Waals surface area (Å²) < 4.78 is 86.1. The Labute approximate surface area is 253 Å². The molecule has 0 aliphatic heterocycles. The maximum atomic E-state index is 14.4. The highest BCUT2D eigenvalue weighted by atomic mass is 32.2. The van der Waals surface area contributed by atoms with Crippen molar-refractivity contribution in [2.24, 2.45) is 12.5 Å². The molecule has 3 aromatic heterocycles. The van der Waals surface area contributed by atoms with Crippen molar-refractivity contribution in [1.29, 1.82) is 0 Å². The molecule has 2 fully saturated rings. The second-order valence-corrected chi connectivity index (χ2v) is 14.0. The van der Waals surface area contributed by atoms with Gasteiger partial charge in [0.25, 0.3) is 15.2 Å². The number of hydrogen-bond acceptors (Lipinski definition) is 8. The van der Waals surface area contributed by atoms with Gasteiger partial charge in [-0.05, 0) is 74.4 Å². The van der Waals surface area contributed by atoms with Gasteiger partial charge in [0.15, 0.2) is 10.8 Å². The first kappa shape index (κ1) is 29.0. The number of benzene rings is 1. The number of allylic oxidation sites excluding steroid dienone is 1. The number of rotatable bonds is 7. The van der Waals surface area contributed by atoms with E-state index >= 15 is 0 Å². The lowest BCUT2D eigenvalue weighted by Crippen LogP contribution is -2.51. The number of thiazole rings is 1. The average molecular weight is 648 g/mol. The van der Waals surface area contributed by atoms with Gasteiger partial charge in [-0.15, -0.1) is 16.4 Å². The van der Waals surface area contributed by atoms with Crippen LogP contribution in [-0.4, -0.2) is 60.1 Å². The molecule has 3 heterocycles. The van der Waals surface area contributed by atoms with E-state index in [9.17, 15) is 30.8 Å². The van der Waals surface area contributed by atoms with E-state index in [4.69, 9.17) is 0 Å². The lowest BCUT2D eigenvalue weighted by molar-refractivity contribution is -0.137. The Morgan fingerprint density at radius 1 is 1.14 bits per heavy atom. The van der Waals surface area contributed by atoms with Gasteiger partial charge in [0.1, 0.15) is 17.8 Å². The van der Waals surface area contributed by atoms with Crippen LogP contribution in [-0.2, 0) is 29.7 Å². The molecular formula is C28H25F4N7O3S2. The summed E-state index contributed by atoms with van der Waals surface area (Å²) >= 11 is 0.350. The molecule has 16 heteroatoms. The molecule has 0 amide bonds. The maximum Gasteiger partial charge on any atom is 0.443 e. The fourth-order valence-corrected chi connectivity index (χ4v) is 8.84. The van der Waals surface area contributed by atoms with Gasteiger partial charge < -0.3 is 0 Å². The summed E-state index contributed by atoms with van der Waals surface area (Å²) in [6, 6.07) is 4.84.